The minimum atomic E-state index is -1.25. The maximum Gasteiger partial charge on any atom is 0.318 e. The van der Waals surface area contributed by atoms with Gasteiger partial charge in [0.1, 0.15) is 0 Å². The number of nitrogens with one attached hydrogen (secondary N) is 1. The van der Waals surface area contributed by atoms with Crippen LogP contribution in [0.25, 0.3) is 0 Å². The minimum Gasteiger partial charge on any atom is -0.346 e. The van der Waals surface area contributed by atoms with Crippen LogP contribution in [0.3, 0.4) is 0 Å². The van der Waals surface area contributed by atoms with E-state index < -0.39 is 24.4 Å². The fourth-order valence-electron chi connectivity index (χ4n) is 0.891. The minimum absolute atomic E-state index is 0.0489. The number of alkyl halides is 1. The average molecular weight is 174 g/mol. The fraction of sp³-hybridized carbons (Fsp3) is 0.500. The van der Waals surface area contributed by atoms with Crippen molar-refractivity contribution in [1.29, 1.82) is 0 Å². The Hall–Kier alpha value is -1.46. The summed E-state index contributed by atoms with van der Waals surface area (Å²) in [5.74, 6) is -2.80. The van der Waals surface area contributed by atoms with Crippen molar-refractivity contribution < 1.29 is 18.8 Å². The Morgan fingerprint density at radius 1 is 1.58 bits per heavy atom. The van der Waals surface area contributed by atoms with Gasteiger partial charge in [0.15, 0.2) is 6.67 Å². The molecule has 1 rings (SSSR count). The Balaban J connectivity index is 2.70. The van der Waals surface area contributed by atoms with Crippen LogP contribution < -0.4 is 5.32 Å². The van der Waals surface area contributed by atoms with Crippen LogP contribution in [0.2, 0.25) is 0 Å². The smallest absolute Gasteiger partial charge is 0.318 e. The number of hydrogen-bond acceptors (Lipinski definition) is 3. The van der Waals surface area contributed by atoms with Crippen molar-refractivity contribution in [3.63, 3.8) is 0 Å². The molecule has 0 aromatic carbocycles. The number of amides is 3. The van der Waals surface area contributed by atoms with Gasteiger partial charge < -0.3 is 5.32 Å². The lowest BCUT2D eigenvalue weighted by Gasteiger charge is -2.23. The highest BCUT2D eigenvalue weighted by molar-refractivity contribution is 6.38. The molecule has 0 aliphatic carbocycles. The van der Waals surface area contributed by atoms with E-state index in [2.05, 4.69) is 5.32 Å². The molecule has 1 saturated heterocycles. The molecule has 1 fully saturated rings. The zero-order chi connectivity index (χ0) is 9.14. The number of rotatable bonds is 1. The Morgan fingerprint density at radius 2 is 2.25 bits per heavy atom. The number of halogens is 1. The molecule has 1 aliphatic rings. The van der Waals surface area contributed by atoms with Crippen molar-refractivity contribution in [2.45, 2.75) is 0 Å². The highest BCUT2D eigenvalue weighted by Gasteiger charge is 2.30. The van der Waals surface area contributed by atoms with Gasteiger partial charge in [0, 0.05) is 13.1 Å². The number of nitrogens with zero attached hydrogens (tertiary/aromatic N) is 1. The summed E-state index contributed by atoms with van der Waals surface area (Å²) in [6, 6.07) is 0. The lowest BCUT2D eigenvalue weighted by molar-refractivity contribution is -0.155. The highest BCUT2D eigenvalue weighted by Crippen LogP contribution is 1.96. The summed E-state index contributed by atoms with van der Waals surface area (Å²) in [5, 5.41) is 2.24. The molecule has 0 atom stereocenters. The van der Waals surface area contributed by atoms with Crippen molar-refractivity contribution >= 4 is 17.7 Å². The summed E-state index contributed by atoms with van der Waals surface area (Å²) >= 11 is 0. The molecule has 66 valence electrons. The molecule has 6 heteroatoms. The fourth-order valence-corrected chi connectivity index (χ4v) is 0.891. The van der Waals surface area contributed by atoms with Gasteiger partial charge in [-0.2, -0.15) is 0 Å². The lowest BCUT2D eigenvalue weighted by atomic mass is 10.3. The Morgan fingerprint density at radius 3 is 2.83 bits per heavy atom. The zero-order valence-electron chi connectivity index (χ0n) is 6.17. The maximum atomic E-state index is 11.8. The number of piperazine rings is 1. The predicted molar refractivity (Wildman–Crippen MR) is 35.7 cm³/mol. The summed E-state index contributed by atoms with van der Waals surface area (Å²) in [6.07, 6.45) is 0. The molecule has 1 heterocycles. The second kappa shape index (κ2) is 3.29. The number of imide groups is 1. The maximum absolute atomic E-state index is 11.8. The van der Waals surface area contributed by atoms with E-state index in [0.29, 0.717) is 4.90 Å². The van der Waals surface area contributed by atoms with Crippen LogP contribution >= 0.6 is 0 Å². The zero-order valence-corrected chi connectivity index (χ0v) is 6.17. The van der Waals surface area contributed by atoms with Crippen molar-refractivity contribution in [2.75, 3.05) is 19.8 Å². The van der Waals surface area contributed by atoms with Crippen LogP contribution in [0.4, 0.5) is 4.39 Å². The molecule has 0 bridgehead atoms. The van der Waals surface area contributed by atoms with Gasteiger partial charge in [-0.05, 0) is 0 Å². The molecule has 1 aliphatic heterocycles. The third kappa shape index (κ3) is 1.41. The largest absolute Gasteiger partial charge is 0.346 e. The third-order valence-corrected chi connectivity index (χ3v) is 1.48. The second-order valence-corrected chi connectivity index (χ2v) is 2.24. The van der Waals surface area contributed by atoms with E-state index in [4.69, 9.17) is 0 Å². The van der Waals surface area contributed by atoms with E-state index in [-0.39, 0.29) is 13.1 Å². The van der Waals surface area contributed by atoms with Gasteiger partial charge >= 0.3 is 11.8 Å². The molecule has 5 nitrogen and oxygen atoms in total. The van der Waals surface area contributed by atoms with Crippen molar-refractivity contribution in [3.8, 4) is 0 Å². The van der Waals surface area contributed by atoms with Gasteiger partial charge in [0.2, 0.25) is 0 Å². The molecule has 0 saturated carbocycles. The number of carbonyl (C=O) groups excluding carboxylic acids is 3. The van der Waals surface area contributed by atoms with Crippen molar-refractivity contribution in [2.24, 2.45) is 0 Å². The Kier molecular flexibility index (Phi) is 2.37. The van der Waals surface area contributed by atoms with E-state index in [9.17, 15) is 18.8 Å². The first-order valence-electron chi connectivity index (χ1n) is 3.35. The number of carbonyl (C=O) groups is 3. The van der Waals surface area contributed by atoms with Gasteiger partial charge in [0.05, 0.1) is 0 Å². The van der Waals surface area contributed by atoms with Crippen LogP contribution in [0.1, 0.15) is 0 Å². The molecule has 3 amide bonds. The normalized spacial score (nSPS) is 17.6. The molecule has 0 spiro atoms. The quantitative estimate of drug-likeness (QED) is 0.489. The first-order chi connectivity index (χ1) is 5.66. The van der Waals surface area contributed by atoms with E-state index in [1.54, 1.807) is 0 Å². The Bertz CT molecular complexity index is 241. The Labute approximate surface area is 67.5 Å². The first kappa shape index (κ1) is 8.63. The third-order valence-electron chi connectivity index (χ3n) is 1.48. The van der Waals surface area contributed by atoms with Gasteiger partial charge in [-0.15, -0.1) is 0 Å². The van der Waals surface area contributed by atoms with E-state index in [1.165, 1.54) is 0 Å². The summed E-state index contributed by atoms with van der Waals surface area (Å²) in [5.41, 5.74) is 0. The molecular weight excluding hydrogens is 167 g/mol. The van der Waals surface area contributed by atoms with Gasteiger partial charge in [-0.1, -0.05) is 0 Å². The van der Waals surface area contributed by atoms with Crippen molar-refractivity contribution in [3.05, 3.63) is 0 Å². The van der Waals surface area contributed by atoms with Crippen LogP contribution in [-0.2, 0) is 14.4 Å². The van der Waals surface area contributed by atoms with E-state index in [0.717, 1.165) is 0 Å². The molecule has 0 aromatic heterocycles. The number of hydrogen-bond donors (Lipinski definition) is 1. The van der Waals surface area contributed by atoms with Gasteiger partial charge in [-0.25, -0.2) is 4.39 Å². The monoisotopic (exact) mass is 174 g/mol. The summed E-state index contributed by atoms with van der Waals surface area (Å²) < 4.78 is 11.8. The van der Waals surface area contributed by atoms with Gasteiger partial charge in [0.25, 0.3) is 5.91 Å². The molecule has 12 heavy (non-hydrogen) atoms. The highest BCUT2D eigenvalue weighted by atomic mass is 19.1. The van der Waals surface area contributed by atoms with Crippen LogP contribution in [0.15, 0.2) is 0 Å². The van der Waals surface area contributed by atoms with Gasteiger partial charge in [-0.3, -0.25) is 19.3 Å². The van der Waals surface area contributed by atoms with Crippen LogP contribution in [0, 0.1) is 0 Å². The standard InChI is InChI=1S/C6H7FN2O3/c7-3-4(10)9-2-1-8-5(11)6(9)12/h1-3H2,(H,8,11). The van der Waals surface area contributed by atoms with Crippen LogP contribution in [0.5, 0.6) is 0 Å². The SMILES string of the molecule is O=C1NCCN(C(=O)CF)C1=O. The molecule has 0 radical (unpaired) electrons. The predicted octanol–water partition coefficient (Wildman–Crippen LogP) is -1.56. The van der Waals surface area contributed by atoms with E-state index in [1.807, 2.05) is 0 Å². The molecule has 0 unspecified atom stereocenters. The second-order valence-electron chi connectivity index (χ2n) is 2.24. The first-order valence-corrected chi connectivity index (χ1v) is 3.35. The topological polar surface area (TPSA) is 66.5 Å². The molecular formula is C6H7FN2O3. The summed E-state index contributed by atoms with van der Waals surface area (Å²) in [4.78, 5) is 32.8. The summed E-state index contributed by atoms with van der Waals surface area (Å²) in [6.45, 7) is -1.01. The average Bonchev–Trinajstić information content (AvgIpc) is 2.08. The molecule has 1 N–H and O–H groups in total. The lowest BCUT2D eigenvalue weighted by Crippen LogP contribution is -2.54. The molecule has 0 aromatic rings. The summed E-state index contributed by atoms with van der Waals surface area (Å²) in [7, 11) is 0. The van der Waals surface area contributed by atoms with Crippen molar-refractivity contribution in [1.82, 2.24) is 10.2 Å². The van der Waals surface area contributed by atoms with Crippen LogP contribution in [-0.4, -0.2) is 42.4 Å². The van der Waals surface area contributed by atoms with E-state index >= 15 is 0 Å².